The number of carbonyl (C=O) groups is 2. The molecule has 1 atom stereocenters. The van der Waals surface area contributed by atoms with Gasteiger partial charge in [-0.3, -0.25) is 9.59 Å². The molecule has 1 aromatic carbocycles. The van der Waals surface area contributed by atoms with E-state index in [4.69, 9.17) is 5.11 Å². The zero-order valence-electron chi connectivity index (χ0n) is 12.2. The summed E-state index contributed by atoms with van der Waals surface area (Å²) in [7, 11) is 0. The van der Waals surface area contributed by atoms with Crippen LogP contribution in [-0.2, 0) is 9.59 Å². The van der Waals surface area contributed by atoms with Crippen LogP contribution in [0.15, 0.2) is 24.3 Å². The van der Waals surface area contributed by atoms with Crippen molar-refractivity contribution in [2.45, 2.75) is 6.92 Å². The molecule has 7 heteroatoms. The number of hydrogen-bond acceptors (Lipinski definition) is 5. The molecule has 2 aromatic rings. The van der Waals surface area contributed by atoms with Crippen LogP contribution in [0.5, 0.6) is 0 Å². The summed E-state index contributed by atoms with van der Waals surface area (Å²) in [5.41, 5.74) is 0.987. The van der Waals surface area contributed by atoms with Gasteiger partial charge in [0.05, 0.1) is 10.2 Å². The van der Waals surface area contributed by atoms with E-state index in [-0.39, 0.29) is 5.91 Å². The minimum atomic E-state index is -1.07. The van der Waals surface area contributed by atoms with Gasteiger partial charge in [0, 0.05) is 26.2 Å². The topological polar surface area (TPSA) is 73.7 Å². The van der Waals surface area contributed by atoms with Crippen LogP contribution in [-0.4, -0.2) is 53.0 Å². The lowest BCUT2D eigenvalue weighted by molar-refractivity contribution is -0.150. The fourth-order valence-corrected chi connectivity index (χ4v) is 3.51. The summed E-state index contributed by atoms with van der Waals surface area (Å²) in [4.78, 5) is 31.3. The lowest BCUT2D eigenvalue weighted by Gasteiger charge is -2.35. The molecule has 1 N–H and O–H groups in total. The first-order valence-corrected chi connectivity index (χ1v) is 8.00. The highest BCUT2D eigenvalue weighted by Gasteiger charge is 2.29. The molecule has 0 radical (unpaired) electrons. The number of piperazine rings is 1. The Morgan fingerprint density at radius 2 is 1.91 bits per heavy atom. The molecule has 116 valence electrons. The van der Waals surface area contributed by atoms with Gasteiger partial charge in [-0.25, -0.2) is 4.98 Å². The Kier molecular flexibility index (Phi) is 3.98. The molecule has 0 saturated carbocycles. The minimum absolute atomic E-state index is 0.309. The quantitative estimate of drug-likeness (QED) is 0.871. The second-order valence-corrected chi connectivity index (χ2v) is 6.35. The van der Waals surface area contributed by atoms with E-state index in [0.717, 1.165) is 15.3 Å². The zero-order chi connectivity index (χ0) is 15.7. The largest absolute Gasteiger partial charge is 0.481 e. The first-order valence-electron chi connectivity index (χ1n) is 7.18. The number of carboxylic acids is 1. The van der Waals surface area contributed by atoms with E-state index in [9.17, 15) is 9.59 Å². The third kappa shape index (κ3) is 2.76. The number of thiazole rings is 1. The maximum atomic E-state index is 12.0. The van der Waals surface area contributed by atoms with Gasteiger partial charge in [-0.1, -0.05) is 23.5 Å². The molecule has 0 bridgehead atoms. The summed E-state index contributed by atoms with van der Waals surface area (Å²) < 4.78 is 1.15. The number of carboxylic acid groups (broad SMARTS) is 1. The number of aliphatic carboxylic acids is 1. The average molecular weight is 319 g/mol. The van der Waals surface area contributed by atoms with E-state index >= 15 is 0 Å². The number of carbonyl (C=O) groups excluding carboxylic acids is 1. The van der Waals surface area contributed by atoms with Crippen LogP contribution in [0.2, 0.25) is 0 Å². The molecule has 0 aliphatic carbocycles. The normalized spacial score (nSPS) is 16.8. The summed E-state index contributed by atoms with van der Waals surface area (Å²) in [6.07, 6.45) is 0. The molecule has 1 saturated heterocycles. The van der Waals surface area contributed by atoms with E-state index in [1.54, 1.807) is 16.2 Å². The standard InChI is InChI=1S/C15H17N3O3S/c1-10(14(20)21)13(19)17-6-8-18(9-7-17)15-16-11-4-2-3-5-12(11)22-15/h2-5,10H,6-9H2,1H3,(H,20,21). The molecule has 6 nitrogen and oxygen atoms in total. The van der Waals surface area contributed by atoms with Crippen molar-refractivity contribution < 1.29 is 14.7 Å². The van der Waals surface area contributed by atoms with Crippen LogP contribution < -0.4 is 4.90 Å². The van der Waals surface area contributed by atoms with Gasteiger partial charge in [-0.15, -0.1) is 0 Å². The van der Waals surface area contributed by atoms with E-state index < -0.39 is 11.9 Å². The summed E-state index contributed by atoms with van der Waals surface area (Å²) in [6.45, 7) is 3.86. The van der Waals surface area contributed by atoms with Crippen molar-refractivity contribution in [2.75, 3.05) is 31.1 Å². The summed E-state index contributed by atoms with van der Waals surface area (Å²) >= 11 is 1.64. The highest BCUT2D eigenvalue weighted by molar-refractivity contribution is 7.22. The van der Waals surface area contributed by atoms with Crippen LogP contribution in [0.3, 0.4) is 0 Å². The molecule has 0 spiro atoms. The van der Waals surface area contributed by atoms with Gasteiger partial charge in [0.2, 0.25) is 5.91 Å². The Morgan fingerprint density at radius 1 is 1.23 bits per heavy atom. The Morgan fingerprint density at radius 3 is 2.55 bits per heavy atom. The van der Waals surface area contributed by atoms with E-state index in [1.807, 2.05) is 24.3 Å². The molecule has 1 aliphatic rings. The SMILES string of the molecule is CC(C(=O)O)C(=O)N1CCN(c2nc3ccccc3s2)CC1. The van der Waals surface area contributed by atoms with Crippen LogP contribution >= 0.6 is 11.3 Å². The summed E-state index contributed by atoms with van der Waals surface area (Å²) in [5, 5.41) is 9.89. The zero-order valence-corrected chi connectivity index (χ0v) is 13.0. The van der Waals surface area contributed by atoms with Crippen molar-refractivity contribution in [3.8, 4) is 0 Å². The first kappa shape index (κ1) is 14.8. The fourth-order valence-electron chi connectivity index (χ4n) is 2.49. The average Bonchev–Trinajstić information content (AvgIpc) is 2.97. The lowest BCUT2D eigenvalue weighted by Crippen LogP contribution is -2.51. The van der Waals surface area contributed by atoms with Crippen molar-refractivity contribution in [3.05, 3.63) is 24.3 Å². The van der Waals surface area contributed by atoms with Gasteiger partial charge in [-0.2, -0.15) is 0 Å². The van der Waals surface area contributed by atoms with Gasteiger partial charge in [0.25, 0.3) is 0 Å². The van der Waals surface area contributed by atoms with Gasteiger partial charge < -0.3 is 14.9 Å². The van der Waals surface area contributed by atoms with Crippen molar-refractivity contribution in [1.82, 2.24) is 9.88 Å². The molecule has 1 aromatic heterocycles. The molecule has 3 rings (SSSR count). The maximum Gasteiger partial charge on any atom is 0.315 e. The van der Waals surface area contributed by atoms with Gasteiger partial charge in [0.15, 0.2) is 5.13 Å². The van der Waals surface area contributed by atoms with E-state index in [1.165, 1.54) is 6.92 Å². The molecule has 1 aliphatic heterocycles. The molecule has 1 unspecified atom stereocenters. The van der Waals surface area contributed by atoms with Crippen molar-refractivity contribution in [1.29, 1.82) is 0 Å². The smallest absolute Gasteiger partial charge is 0.315 e. The van der Waals surface area contributed by atoms with E-state index in [0.29, 0.717) is 26.2 Å². The molecule has 2 heterocycles. The van der Waals surface area contributed by atoms with Gasteiger partial charge in [-0.05, 0) is 19.1 Å². The predicted octanol–water partition coefficient (Wildman–Crippen LogP) is 1.67. The molecular weight excluding hydrogens is 302 g/mol. The fraction of sp³-hybridized carbons (Fsp3) is 0.400. The number of para-hydroxylation sites is 1. The number of benzene rings is 1. The monoisotopic (exact) mass is 319 g/mol. The van der Waals surface area contributed by atoms with Crippen molar-refractivity contribution in [3.63, 3.8) is 0 Å². The van der Waals surface area contributed by atoms with Crippen LogP contribution in [0, 0.1) is 5.92 Å². The minimum Gasteiger partial charge on any atom is -0.481 e. The second-order valence-electron chi connectivity index (χ2n) is 5.34. The Hall–Kier alpha value is -2.15. The van der Waals surface area contributed by atoms with Crippen LogP contribution in [0.1, 0.15) is 6.92 Å². The number of nitrogens with zero attached hydrogens (tertiary/aromatic N) is 3. The Balaban J connectivity index is 1.66. The predicted molar refractivity (Wildman–Crippen MR) is 85.2 cm³/mol. The highest BCUT2D eigenvalue weighted by atomic mass is 32.1. The van der Waals surface area contributed by atoms with Crippen molar-refractivity contribution in [2.24, 2.45) is 5.92 Å². The Bertz CT molecular complexity index is 674. The summed E-state index contributed by atoms with van der Waals surface area (Å²) in [5.74, 6) is -2.36. The lowest BCUT2D eigenvalue weighted by atomic mass is 10.1. The molecule has 1 amide bonds. The molecular formula is C15H17N3O3S. The third-order valence-electron chi connectivity index (χ3n) is 3.89. The number of hydrogen-bond donors (Lipinski definition) is 1. The second kappa shape index (κ2) is 5.92. The maximum absolute atomic E-state index is 12.0. The highest BCUT2D eigenvalue weighted by Crippen LogP contribution is 2.29. The number of aromatic nitrogens is 1. The number of fused-ring (bicyclic) bond motifs is 1. The van der Waals surface area contributed by atoms with Crippen LogP contribution in [0.4, 0.5) is 5.13 Å². The van der Waals surface area contributed by atoms with E-state index in [2.05, 4.69) is 9.88 Å². The molecule has 1 fully saturated rings. The molecule has 22 heavy (non-hydrogen) atoms. The first-order chi connectivity index (χ1) is 10.6. The third-order valence-corrected chi connectivity index (χ3v) is 4.98. The van der Waals surface area contributed by atoms with Crippen molar-refractivity contribution >= 4 is 38.6 Å². The van der Waals surface area contributed by atoms with Gasteiger partial charge >= 0.3 is 5.97 Å². The number of anilines is 1. The number of amides is 1. The summed E-state index contributed by atoms with van der Waals surface area (Å²) in [6, 6.07) is 8.00. The number of rotatable bonds is 3. The van der Waals surface area contributed by atoms with Crippen LogP contribution in [0.25, 0.3) is 10.2 Å². The van der Waals surface area contributed by atoms with Gasteiger partial charge in [0.1, 0.15) is 5.92 Å². The Labute approximate surface area is 132 Å².